The molecule has 2 aliphatic rings. The fourth-order valence-corrected chi connectivity index (χ4v) is 4.90. The molecule has 3 aromatic rings. The molecule has 0 saturated carbocycles. The molecule has 2 amide bonds. The molecular formula is C22H19Cl2N5O2. The highest BCUT2D eigenvalue weighted by Gasteiger charge is 2.58. The number of amides is 2. The molecule has 7 nitrogen and oxygen atoms in total. The molecule has 3 heterocycles. The fraction of sp³-hybridized carbons (Fsp3) is 0.273. The summed E-state index contributed by atoms with van der Waals surface area (Å²) < 4.78 is 1.64. The van der Waals surface area contributed by atoms with Crippen LogP contribution in [0.2, 0.25) is 10.0 Å². The predicted molar refractivity (Wildman–Crippen MR) is 119 cm³/mol. The van der Waals surface area contributed by atoms with Crippen molar-refractivity contribution in [3.05, 3.63) is 69.3 Å². The van der Waals surface area contributed by atoms with Crippen molar-refractivity contribution >= 4 is 46.5 Å². The number of halogens is 2. The van der Waals surface area contributed by atoms with Gasteiger partial charge in [-0.3, -0.25) is 9.59 Å². The van der Waals surface area contributed by atoms with E-state index in [2.05, 4.69) is 15.6 Å². The summed E-state index contributed by atoms with van der Waals surface area (Å²) in [7, 11) is 0. The van der Waals surface area contributed by atoms with E-state index >= 15 is 0 Å². The zero-order valence-electron chi connectivity index (χ0n) is 16.9. The summed E-state index contributed by atoms with van der Waals surface area (Å²) in [5, 5.41) is 12.8. The summed E-state index contributed by atoms with van der Waals surface area (Å²) in [6.07, 6.45) is -0.0449. The Bertz CT molecular complexity index is 1220. The lowest BCUT2D eigenvalue weighted by atomic mass is 9.73. The van der Waals surface area contributed by atoms with Gasteiger partial charge in [0.2, 0.25) is 11.8 Å². The van der Waals surface area contributed by atoms with Gasteiger partial charge in [-0.25, -0.2) is 4.68 Å². The molecule has 1 unspecified atom stereocenters. The molecule has 1 spiro atoms. The van der Waals surface area contributed by atoms with Gasteiger partial charge in [0.25, 0.3) is 0 Å². The van der Waals surface area contributed by atoms with Crippen LogP contribution in [0.15, 0.2) is 42.5 Å². The van der Waals surface area contributed by atoms with Crippen molar-refractivity contribution < 1.29 is 9.59 Å². The van der Waals surface area contributed by atoms with Gasteiger partial charge >= 0.3 is 0 Å². The van der Waals surface area contributed by atoms with Gasteiger partial charge in [-0.15, -0.1) is 5.10 Å². The van der Waals surface area contributed by atoms with Gasteiger partial charge in [-0.1, -0.05) is 40.5 Å². The molecule has 9 heteroatoms. The second-order valence-electron chi connectivity index (χ2n) is 7.80. The van der Waals surface area contributed by atoms with Crippen LogP contribution in [0.5, 0.6) is 0 Å². The molecule has 0 radical (unpaired) electrons. The Balaban J connectivity index is 1.70. The number of rotatable bonds is 3. The first-order chi connectivity index (χ1) is 14.9. The number of hydrogen-bond acceptors (Lipinski definition) is 4. The molecular weight excluding hydrogens is 437 g/mol. The van der Waals surface area contributed by atoms with Gasteiger partial charge in [0, 0.05) is 22.3 Å². The van der Waals surface area contributed by atoms with Crippen LogP contribution in [0.4, 0.5) is 11.5 Å². The molecule has 31 heavy (non-hydrogen) atoms. The van der Waals surface area contributed by atoms with E-state index in [-0.39, 0.29) is 24.3 Å². The van der Waals surface area contributed by atoms with Crippen LogP contribution in [-0.2, 0) is 15.0 Å². The van der Waals surface area contributed by atoms with Crippen LogP contribution >= 0.6 is 23.2 Å². The predicted octanol–water partition coefficient (Wildman–Crippen LogP) is 4.19. The number of nitrogens with one attached hydrogen (secondary N) is 1. The first-order valence-corrected chi connectivity index (χ1v) is 10.8. The first-order valence-electron chi connectivity index (χ1n) is 9.99. The number of fused-ring (bicyclic) bond motifs is 4. The summed E-state index contributed by atoms with van der Waals surface area (Å²) in [6.45, 7) is 4.32. The Hall–Kier alpha value is -2.90. The maximum atomic E-state index is 13.7. The van der Waals surface area contributed by atoms with E-state index in [9.17, 15) is 9.59 Å². The molecule has 0 saturated heterocycles. The SMILES string of the molecule is CCN1C(=O)[C@]2(CC(=O)Nc3c2nnn3C(C)c2ccc(Cl)cc2)c2cc(Cl)ccc21. The van der Waals surface area contributed by atoms with Crippen LogP contribution in [-0.4, -0.2) is 33.4 Å². The maximum Gasteiger partial charge on any atom is 0.244 e. The van der Waals surface area contributed by atoms with E-state index in [1.807, 2.05) is 32.0 Å². The molecule has 2 aliphatic heterocycles. The van der Waals surface area contributed by atoms with E-state index in [1.165, 1.54) is 0 Å². The Morgan fingerprint density at radius 1 is 1.13 bits per heavy atom. The topological polar surface area (TPSA) is 80.1 Å². The number of anilines is 2. The molecule has 158 valence electrons. The van der Waals surface area contributed by atoms with Gasteiger partial charge < -0.3 is 10.2 Å². The third-order valence-corrected chi connectivity index (χ3v) is 6.62. The van der Waals surface area contributed by atoms with Crippen molar-refractivity contribution in [1.82, 2.24) is 15.0 Å². The minimum atomic E-state index is -1.24. The minimum absolute atomic E-state index is 0.0449. The highest BCUT2D eigenvalue weighted by Crippen LogP contribution is 2.52. The summed E-state index contributed by atoms with van der Waals surface area (Å²) in [4.78, 5) is 28.2. The number of aromatic nitrogens is 3. The Kier molecular flexibility index (Phi) is 4.57. The van der Waals surface area contributed by atoms with Crippen molar-refractivity contribution in [2.45, 2.75) is 31.7 Å². The van der Waals surface area contributed by atoms with E-state index in [4.69, 9.17) is 23.2 Å². The smallest absolute Gasteiger partial charge is 0.244 e. The first kappa shape index (κ1) is 20.0. The maximum absolute atomic E-state index is 13.7. The standard InChI is InChI=1S/C22H19Cl2N5O2/c1-3-28-17-9-8-15(24)10-16(17)22(21(28)31)11-18(30)25-20-19(22)26-27-29(20)12(2)13-4-6-14(23)7-5-13/h4-10,12H,3,11H2,1-2H3,(H,25,30)/t12?,22-/m1/s1. The number of nitrogens with zero attached hydrogens (tertiary/aromatic N) is 4. The molecule has 5 rings (SSSR count). The van der Waals surface area contributed by atoms with Gasteiger partial charge in [-0.2, -0.15) is 0 Å². The number of benzene rings is 2. The van der Waals surface area contributed by atoms with E-state index in [0.717, 1.165) is 11.3 Å². The average molecular weight is 456 g/mol. The minimum Gasteiger partial charge on any atom is -0.311 e. The summed E-state index contributed by atoms with van der Waals surface area (Å²) in [6, 6.07) is 12.5. The Morgan fingerprint density at radius 3 is 2.55 bits per heavy atom. The van der Waals surface area contributed by atoms with Crippen LogP contribution in [0.25, 0.3) is 0 Å². The monoisotopic (exact) mass is 455 g/mol. The molecule has 2 aromatic carbocycles. The van der Waals surface area contributed by atoms with E-state index in [0.29, 0.717) is 33.7 Å². The van der Waals surface area contributed by atoms with Crippen molar-refractivity contribution in [3.63, 3.8) is 0 Å². The second-order valence-corrected chi connectivity index (χ2v) is 8.67. The zero-order valence-corrected chi connectivity index (χ0v) is 18.4. The highest BCUT2D eigenvalue weighted by atomic mass is 35.5. The molecule has 1 aromatic heterocycles. The second kappa shape index (κ2) is 7.07. The van der Waals surface area contributed by atoms with E-state index < -0.39 is 5.41 Å². The average Bonchev–Trinajstić information content (AvgIpc) is 3.26. The van der Waals surface area contributed by atoms with Crippen LogP contribution in [0.1, 0.15) is 43.1 Å². The van der Waals surface area contributed by atoms with Gasteiger partial charge in [0.1, 0.15) is 11.1 Å². The van der Waals surface area contributed by atoms with Crippen molar-refractivity contribution in [2.24, 2.45) is 0 Å². The lowest BCUT2D eigenvalue weighted by molar-refractivity contribution is -0.126. The van der Waals surface area contributed by atoms with Gasteiger partial charge in [-0.05, 0) is 55.3 Å². The molecule has 0 aliphatic carbocycles. The van der Waals surface area contributed by atoms with Crippen molar-refractivity contribution in [3.8, 4) is 0 Å². The molecule has 2 atom stereocenters. The molecule has 1 N–H and O–H groups in total. The number of hydrogen-bond donors (Lipinski definition) is 1. The third kappa shape index (κ3) is 2.80. The summed E-state index contributed by atoms with van der Waals surface area (Å²) in [5.41, 5.74) is 1.58. The van der Waals surface area contributed by atoms with Gasteiger partial charge in [0.05, 0.1) is 12.5 Å². The van der Waals surface area contributed by atoms with Crippen molar-refractivity contribution in [2.75, 3.05) is 16.8 Å². The van der Waals surface area contributed by atoms with Crippen LogP contribution < -0.4 is 10.2 Å². The third-order valence-electron chi connectivity index (χ3n) is 6.14. The lowest BCUT2D eigenvalue weighted by Crippen LogP contribution is -2.47. The summed E-state index contributed by atoms with van der Waals surface area (Å²) in [5.74, 6) is -0.0259. The van der Waals surface area contributed by atoms with Crippen molar-refractivity contribution in [1.29, 1.82) is 0 Å². The number of carbonyl (C=O) groups is 2. The zero-order chi connectivity index (χ0) is 21.9. The van der Waals surface area contributed by atoms with Gasteiger partial charge in [0.15, 0.2) is 5.82 Å². The Labute approximate surface area is 188 Å². The van der Waals surface area contributed by atoms with Crippen LogP contribution in [0, 0.1) is 0 Å². The highest BCUT2D eigenvalue weighted by molar-refractivity contribution is 6.31. The Morgan fingerprint density at radius 2 is 1.84 bits per heavy atom. The quantitative estimate of drug-likeness (QED) is 0.641. The van der Waals surface area contributed by atoms with Crippen LogP contribution in [0.3, 0.4) is 0 Å². The number of likely N-dealkylation sites (N-methyl/N-ethyl adjacent to an activating group) is 1. The summed E-state index contributed by atoms with van der Waals surface area (Å²) >= 11 is 12.3. The molecule has 0 bridgehead atoms. The normalized spacial score (nSPS) is 20.6. The lowest BCUT2D eigenvalue weighted by Gasteiger charge is -2.31. The fourth-order valence-electron chi connectivity index (χ4n) is 4.61. The molecule has 0 fully saturated rings. The largest absolute Gasteiger partial charge is 0.311 e. The van der Waals surface area contributed by atoms with E-state index in [1.54, 1.807) is 33.8 Å². The number of carbonyl (C=O) groups excluding carboxylic acids is 2.